The monoisotopic (exact) mass is 224 g/mol. The molecule has 7 heteroatoms. The summed E-state index contributed by atoms with van der Waals surface area (Å²) in [5.41, 5.74) is -4.27. The fraction of sp³-hybridized carbons (Fsp3) is 1.00. The maximum absolute atomic E-state index is 12.8. The maximum atomic E-state index is 12.8. The second-order valence-electron chi connectivity index (χ2n) is 3.78. The molecule has 0 aromatic carbocycles. The van der Waals surface area contributed by atoms with Crippen LogP contribution in [0.5, 0.6) is 0 Å². The zero-order valence-electron chi connectivity index (χ0n) is 7.35. The molecule has 0 aromatic rings. The van der Waals surface area contributed by atoms with Crippen molar-refractivity contribution in [1.29, 1.82) is 0 Å². The lowest BCUT2D eigenvalue weighted by Crippen LogP contribution is -2.56. The van der Waals surface area contributed by atoms with Crippen LogP contribution < -0.4 is 0 Å². The second-order valence-corrected chi connectivity index (χ2v) is 8.94. The fourth-order valence-electron chi connectivity index (χ4n) is 0.586. The number of hydrogen-bond donors (Lipinski definition) is 0. The fourth-order valence-corrected chi connectivity index (χ4v) is 1.51. The molecule has 13 heavy (non-hydrogen) atoms. The van der Waals surface area contributed by atoms with Gasteiger partial charge in [0.05, 0.1) is 0 Å². The van der Waals surface area contributed by atoms with Gasteiger partial charge in [-0.15, -0.1) is 0 Å². The van der Waals surface area contributed by atoms with Gasteiger partial charge in [0.15, 0.2) is 0 Å². The Labute approximate surface area is 72.9 Å². The Morgan fingerprint density at radius 3 is 1.31 bits per heavy atom. The zero-order valence-corrected chi connectivity index (χ0v) is 8.35. The van der Waals surface area contributed by atoms with Crippen molar-refractivity contribution in [2.75, 3.05) is 0 Å². The molecule has 0 heterocycles. The van der Waals surface area contributed by atoms with Crippen LogP contribution in [0.4, 0.5) is 26.3 Å². The summed E-state index contributed by atoms with van der Waals surface area (Å²) >= 11 is 0. The first-order valence-electron chi connectivity index (χ1n) is 3.49. The van der Waals surface area contributed by atoms with E-state index in [1.807, 2.05) is 0 Å². The molecule has 0 aliphatic carbocycles. The van der Waals surface area contributed by atoms with Gasteiger partial charge in [0.25, 0.3) is 11.7 Å². The van der Waals surface area contributed by atoms with E-state index in [4.69, 9.17) is 0 Å². The summed E-state index contributed by atoms with van der Waals surface area (Å²) in [6.45, 7) is 2.97. The standard InChI is InChI=1S/C6H10F6Si/c1-13(2,3)6(11,12)4(7)5(8,9)10/h4H,1-3H3. The van der Waals surface area contributed by atoms with E-state index >= 15 is 0 Å². The highest BCUT2D eigenvalue weighted by Gasteiger charge is 2.62. The van der Waals surface area contributed by atoms with Gasteiger partial charge in [-0.2, -0.15) is 13.2 Å². The third-order valence-electron chi connectivity index (χ3n) is 1.61. The van der Waals surface area contributed by atoms with Gasteiger partial charge in [0.1, 0.15) is 8.07 Å². The molecule has 1 unspecified atom stereocenters. The van der Waals surface area contributed by atoms with Crippen LogP contribution in [0.15, 0.2) is 0 Å². The van der Waals surface area contributed by atoms with Gasteiger partial charge in [0, 0.05) is 0 Å². The molecule has 0 saturated carbocycles. The third-order valence-corrected chi connectivity index (χ3v) is 3.86. The summed E-state index contributed by atoms with van der Waals surface area (Å²) in [5, 5.41) is 0. The van der Waals surface area contributed by atoms with E-state index in [2.05, 4.69) is 0 Å². The van der Waals surface area contributed by atoms with E-state index in [1.165, 1.54) is 0 Å². The lowest BCUT2D eigenvalue weighted by molar-refractivity contribution is -0.224. The molecule has 0 radical (unpaired) electrons. The normalized spacial score (nSPS) is 17.3. The van der Waals surface area contributed by atoms with Gasteiger partial charge in [-0.3, -0.25) is 0 Å². The lowest BCUT2D eigenvalue weighted by atomic mass is 10.4. The minimum absolute atomic E-state index is 0.991. The molecule has 80 valence electrons. The van der Waals surface area contributed by atoms with Crippen molar-refractivity contribution in [2.24, 2.45) is 0 Å². The average molecular weight is 224 g/mol. The molecule has 0 amide bonds. The average Bonchev–Trinajstić information content (AvgIpc) is 1.81. The Balaban J connectivity index is 4.86. The smallest absolute Gasteiger partial charge is 0.231 e. The Morgan fingerprint density at radius 2 is 1.23 bits per heavy atom. The van der Waals surface area contributed by atoms with E-state index in [9.17, 15) is 26.3 Å². The number of hydrogen-bond acceptors (Lipinski definition) is 0. The highest BCUT2D eigenvalue weighted by Crippen LogP contribution is 2.40. The van der Waals surface area contributed by atoms with Crippen molar-refractivity contribution in [3.05, 3.63) is 0 Å². The van der Waals surface area contributed by atoms with Crippen molar-refractivity contribution in [2.45, 2.75) is 37.5 Å². The van der Waals surface area contributed by atoms with Crippen LogP contribution in [0.3, 0.4) is 0 Å². The van der Waals surface area contributed by atoms with Crippen molar-refractivity contribution >= 4 is 8.07 Å². The van der Waals surface area contributed by atoms with Gasteiger partial charge in [-0.25, -0.2) is 13.2 Å². The minimum atomic E-state index is -5.48. The summed E-state index contributed by atoms with van der Waals surface area (Å²) < 4.78 is 72.8. The second kappa shape index (κ2) is 3.18. The van der Waals surface area contributed by atoms with Gasteiger partial charge in [0.2, 0.25) is 0 Å². The van der Waals surface area contributed by atoms with E-state index in [0.717, 1.165) is 19.6 Å². The first-order chi connectivity index (χ1) is 5.40. The van der Waals surface area contributed by atoms with Crippen molar-refractivity contribution in [3.8, 4) is 0 Å². The Hall–Kier alpha value is -0.203. The van der Waals surface area contributed by atoms with E-state index in [-0.39, 0.29) is 0 Å². The minimum Gasteiger partial charge on any atom is -0.231 e. The van der Waals surface area contributed by atoms with Crippen LogP contribution >= 0.6 is 0 Å². The van der Waals surface area contributed by atoms with Crippen LogP contribution in [0.2, 0.25) is 19.6 Å². The van der Waals surface area contributed by atoms with Crippen LogP contribution in [-0.4, -0.2) is 26.0 Å². The van der Waals surface area contributed by atoms with Gasteiger partial charge in [-0.05, 0) is 0 Å². The molecule has 0 aliphatic rings. The Kier molecular flexibility index (Phi) is 3.13. The summed E-state index contributed by atoms with van der Waals surface area (Å²) in [6, 6.07) is 0. The molecule has 0 fully saturated rings. The third kappa shape index (κ3) is 2.62. The van der Waals surface area contributed by atoms with E-state index < -0.39 is 26.0 Å². The first-order valence-corrected chi connectivity index (χ1v) is 6.99. The zero-order chi connectivity index (χ0) is 11.1. The van der Waals surface area contributed by atoms with Crippen molar-refractivity contribution < 1.29 is 26.3 Å². The number of rotatable bonds is 2. The molecule has 0 aromatic heterocycles. The predicted octanol–water partition coefficient (Wildman–Crippen LogP) is 3.40. The van der Waals surface area contributed by atoms with Gasteiger partial charge < -0.3 is 0 Å². The molecule has 0 rings (SSSR count). The largest absolute Gasteiger partial charge is 0.425 e. The topological polar surface area (TPSA) is 0 Å². The Bertz CT molecular complexity index is 179. The predicted molar refractivity (Wildman–Crippen MR) is 39.2 cm³/mol. The number of alkyl halides is 6. The summed E-state index contributed by atoms with van der Waals surface area (Å²) in [6.07, 6.45) is -9.53. The summed E-state index contributed by atoms with van der Waals surface area (Å²) in [7, 11) is -3.49. The molecule has 0 spiro atoms. The molecule has 0 nitrogen and oxygen atoms in total. The Morgan fingerprint density at radius 1 is 0.923 bits per heavy atom. The lowest BCUT2D eigenvalue weighted by Gasteiger charge is -2.32. The molecular formula is C6H10F6Si. The molecule has 0 bridgehead atoms. The van der Waals surface area contributed by atoms with Gasteiger partial charge >= 0.3 is 6.18 Å². The first kappa shape index (κ1) is 12.8. The molecular weight excluding hydrogens is 214 g/mol. The number of halogens is 6. The van der Waals surface area contributed by atoms with Gasteiger partial charge in [-0.1, -0.05) is 19.6 Å². The maximum Gasteiger partial charge on any atom is 0.425 e. The quantitative estimate of drug-likeness (QED) is 0.498. The molecule has 0 N–H and O–H groups in total. The highest BCUT2D eigenvalue weighted by atomic mass is 28.3. The van der Waals surface area contributed by atoms with Crippen LogP contribution in [-0.2, 0) is 0 Å². The van der Waals surface area contributed by atoms with Crippen molar-refractivity contribution in [1.82, 2.24) is 0 Å². The van der Waals surface area contributed by atoms with Crippen molar-refractivity contribution in [3.63, 3.8) is 0 Å². The van der Waals surface area contributed by atoms with E-state index in [0.29, 0.717) is 0 Å². The summed E-state index contributed by atoms with van der Waals surface area (Å²) in [5.74, 6) is 0. The van der Waals surface area contributed by atoms with E-state index in [1.54, 1.807) is 0 Å². The molecule has 0 saturated heterocycles. The summed E-state index contributed by atoms with van der Waals surface area (Å²) in [4.78, 5) is 0. The van der Waals surface area contributed by atoms with Crippen LogP contribution in [0, 0.1) is 0 Å². The molecule has 1 atom stereocenters. The van der Waals surface area contributed by atoms with Crippen LogP contribution in [0.25, 0.3) is 0 Å². The SMILES string of the molecule is C[Si](C)(C)C(F)(F)C(F)C(F)(F)F. The molecule has 0 aliphatic heterocycles. The highest BCUT2D eigenvalue weighted by molar-refractivity contribution is 6.78. The van der Waals surface area contributed by atoms with Crippen LogP contribution in [0.1, 0.15) is 0 Å².